The maximum Gasteiger partial charge on any atom is 0.338 e. The molecular formula is C26H21ClN2O5. The zero-order chi connectivity index (χ0) is 24.2. The first-order chi connectivity index (χ1) is 16.4. The van der Waals surface area contributed by atoms with Crippen molar-refractivity contribution in [3.63, 3.8) is 0 Å². The van der Waals surface area contributed by atoms with E-state index in [1.165, 1.54) is 18.2 Å². The van der Waals surface area contributed by atoms with Crippen LogP contribution in [0, 0.1) is 0 Å². The second-order valence-electron chi connectivity index (χ2n) is 7.65. The van der Waals surface area contributed by atoms with Gasteiger partial charge >= 0.3 is 5.97 Å². The zero-order valence-corrected chi connectivity index (χ0v) is 19.1. The molecule has 0 radical (unpaired) electrons. The summed E-state index contributed by atoms with van der Waals surface area (Å²) in [6.45, 7) is 2.28. The standard InChI is InChI=1S/C26H21ClN2O5/c1-2-28(15-17-6-4-3-5-7-17)23(30)16-34-26(33)18-8-13-21-22(14-18)25(32)29(24(21)31)20-11-9-19(27)10-12-20/h3-14H,2,15-16H2,1H3. The van der Waals surface area contributed by atoms with Gasteiger partial charge < -0.3 is 9.64 Å². The van der Waals surface area contributed by atoms with Crippen molar-refractivity contribution in [1.29, 1.82) is 0 Å². The lowest BCUT2D eigenvalue weighted by Gasteiger charge is -2.20. The highest BCUT2D eigenvalue weighted by Gasteiger charge is 2.37. The number of ether oxygens (including phenoxy) is 1. The molecule has 0 atom stereocenters. The van der Waals surface area contributed by atoms with Crippen molar-refractivity contribution in [2.45, 2.75) is 13.5 Å². The molecule has 0 unspecified atom stereocenters. The van der Waals surface area contributed by atoms with Gasteiger partial charge in [-0.05, 0) is 55.0 Å². The van der Waals surface area contributed by atoms with E-state index in [-0.39, 0.29) is 22.6 Å². The quantitative estimate of drug-likeness (QED) is 0.374. The highest BCUT2D eigenvalue weighted by Crippen LogP contribution is 2.30. The number of rotatable bonds is 7. The van der Waals surface area contributed by atoms with Crippen molar-refractivity contribution in [2.75, 3.05) is 18.1 Å². The van der Waals surface area contributed by atoms with Gasteiger partial charge in [0.25, 0.3) is 17.7 Å². The number of nitrogens with zero attached hydrogens (tertiary/aromatic N) is 2. The van der Waals surface area contributed by atoms with Gasteiger partial charge in [-0.2, -0.15) is 0 Å². The molecule has 7 nitrogen and oxygen atoms in total. The lowest BCUT2D eigenvalue weighted by molar-refractivity contribution is -0.134. The smallest absolute Gasteiger partial charge is 0.338 e. The SMILES string of the molecule is CCN(Cc1ccccc1)C(=O)COC(=O)c1ccc2c(c1)C(=O)N(c1ccc(Cl)cc1)C2=O. The molecule has 0 aliphatic carbocycles. The van der Waals surface area contributed by atoms with Crippen LogP contribution in [0.5, 0.6) is 0 Å². The van der Waals surface area contributed by atoms with Crippen LogP contribution in [0.2, 0.25) is 5.02 Å². The van der Waals surface area contributed by atoms with E-state index in [1.807, 2.05) is 37.3 Å². The van der Waals surface area contributed by atoms with E-state index < -0.39 is 24.4 Å². The van der Waals surface area contributed by atoms with Gasteiger partial charge in [0.15, 0.2) is 6.61 Å². The van der Waals surface area contributed by atoms with Gasteiger partial charge in [-0.15, -0.1) is 0 Å². The minimum Gasteiger partial charge on any atom is -0.452 e. The molecule has 0 spiro atoms. The van der Waals surface area contributed by atoms with Crippen LogP contribution < -0.4 is 4.90 Å². The van der Waals surface area contributed by atoms with Crippen molar-refractivity contribution in [3.05, 3.63) is 100 Å². The number of carbonyl (C=O) groups excluding carboxylic acids is 4. The summed E-state index contributed by atoms with van der Waals surface area (Å²) in [5, 5.41) is 0.477. The molecule has 34 heavy (non-hydrogen) atoms. The van der Waals surface area contributed by atoms with E-state index in [9.17, 15) is 19.2 Å². The fourth-order valence-electron chi connectivity index (χ4n) is 3.67. The van der Waals surface area contributed by atoms with Gasteiger partial charge in [-0.3, -0.25) is 14.4 Å². The second kappa shape index (κ2) is 9.89. The van der Waals surface area contributed by atoms with Crippen LogP contribution in [-0.4, -0.2) is 41.7 Å². The Kier molecular flexibility index (Phi) is 6.75. The van der Waals surface area contributed by atoms with Gasteiger partial charge in [0.2, 0.25) is 0 Å². The molecule has 1 aliphatic rings. The van der Waals surface area contributed by atoms with Crippen molar-refractivity contribution in [2.24, 2.45) is 0 Å². The van der Waals surface area contributed by atoms with Gasteiger partial charge in [-0.25, -0.2) is 9.69 Å². The third-order valence-corrected chi connectivity index (χ3v) is 5.74. The van der Waals surface area contributed by atoms with Crippen LogP contribution in [0.25, 0.3) is 0 Å². The van der Waals surface area contributed by atoms with Crippen molar-refractivity contribution in [3.8, 4) is 0 Å². The van der Waals surface area contributed by atoms with Crippen molar-refractivity contribution < 1.29 is 23.9 Å². The lowest BCUT2D eigenvalue weighted by atomic mass is 10.1. The molecule has 3 aromatic carbocycles. The molecular weight excluding hydrogens is 456 g/mol. The van der Waals surface area contributed by atoms with Gasteiger partial charge in [0.05, 0.1) is 22.4 Å². The van der Waals surface area contributed by atoms with Gasteiger partial charge in [-0.1, -0.05) is 41.9 Å². The number of hydrogen-bond acceptors (Lipinski definition) is 5. The summed E-state index contributed by atoms with van der Waals surface area (Å²) in [6, 6.07) is 19.9. The lowest BCUT2D eigenvalue weighted by Crippen LogP contribution is -2.34. The highest BCUT2D eigenvalue weighted by atomic mass is 35.5. The molecule has 172 valence electrons. The minimum atomic E-state index is -0.753. The van der Waals surface area contributed by atoms with E-state index in [1.54, 1.807) is 29.2 Å². The first-order valence-electron chi connectivity index (χ1n) is 10.7. The summed E-state index contributed by atoms with van der Waals surface area (Å²) in [4.78, 5) is 53.4. The van der Waals surface area contributed by atoms with Gasteiger partial charge in [0, 0.05) is 18.1 Å². The molecule has 1 heterocycles. The number of fused-ring (bicyclic) bond motifs is 1. The monoisotopic (exact) mass is 476 g/mol. The number of benzene rings is 3. The number of halogens is 1. The Morgan fingerprint density at radius 2 is 1.59 bits per heavy atom. The van der Waals surface area contributed by atoms with E-state index in [4.69, 9.17) is 16.3 Å². The van der Waals surface area contributed by atoms with Crippen molar-refractivity contribution >= 4 is 41.0 Å². The molecule has 1 aliphatic heterocycles. The van der Waals surface area contributed by atoms with Gasteiger partial charge in [0.1, 0.15) is 0 Å². The summed E-state index contributed by atoms with van der Waals surface area (Å²) in [6.07, 6.45) is 0. The van der Waals surface area contributed by atoms with Crippen LogP contribution in [0.3, 0.4) is 0 Å². The first-order valence-corrected chi connectivity index (χ1v) is 11.0. The third-order valence-electron chi connectivity index (χ3n) is 5.48. The maximum atomic E-state index is 12.9. The van der Waals surface area contributed by atoms with E-state index >= 15 is 0 Å². The fourth-order valence-corrected chi connectivity index (χ4v) is 3.80. The Bertz CT molecular complexity index is 1260. The van der Waals surface area contributed by atoms with Crippen LogP contribution in [0.4, 0.5) is 5.69 Å². The number of likely N-dealkylation sites (N-methyl/N-ethyl adjacent to an activating group) is 1. The molecule has 8 heteroatoms. The number of carbonyl (C=O) groups is 4. The molecule has 0 bridgehead atoms. The molecule has 0 saturated heterocycles. The topological polar surface area (TPSA) is 84.0 Å². The van der Waals surface area contributed by atoms with E-state index in [0.717, 1.165) is 10.5 Å². The number of imide groups is 1. The largest absolute Gasteiger partial charge is 0.452 e. The maximum absolute atomic E-state index is 12.9. The molecule has 3 amide bonds. The summed E-state index contributed by atoms with van der Waals surface area (Å²) >= 11 is 5.89. The normalized spacial score (nSPS) is 12.5. The number of esters is 1. The van der Waals surface area contributed by atoms with Crippen LogP contribution >= 0.6 is 11.6 Å². The number of amides is 3. The Labute approximate surface area is 201 Å². The minimum absolute atomic E-state index is 0.0803. The first kappa shape index (κ1) is 23.2. The summed E-state index contributed by atoms with van der Waals surface area (Å²) in [5.41, 5.74) is 1.71. The average molecular weight is 477 g/mol. The second-order valence-corrected chi connectivity index (χ2v) is 8.09. The third kappa shape index (κ3) is 4.70. The molecule has 4 rings (SSSR count). The predicted octanol–water partition coefficient (Wildman–Crippen LogP) is 4.35. The van der Waals surface area contributed by atoms with E-state index in [2.05, 4.69) is 0 Å². The Morgan fingerprint density at radius 3 is 2.26 bits per heavy atom. The Hall–Kier alpha value is -3.97. The molecule has 0 fully saturated rings. The van der Waals surface area contributed by atoms with E-state index in [0.29, 0.717) is 23.8 Å². The predicted molar refractivity (Wildman–Crippen MR) is 127 cm³/mol. The number of anilines is 1. The number of hydrogen-bond donors (Lipinski definition) is 0. The average Bonchev–Trinajstić information content (AvgIpc) is 3.11. The highest BCUT2D eigenvalue weighted by molar-refractivity contribution is 6.35. The van der Waals surface area contributed by atoms with Crippen LogP contribution in [0.15, 0.2) is 72.8 Å². The molecule has 0 aromatic heterocycles. The molecule has 3 aromatic rings. The molecule has 0 N–H and O–H groups in total. The zero-order valence-electron chi connectivity index (χ0n) is 18.4. The summed E-state index contributed by atoms with van der Waals surface area (Å²) < 4.78 is 5.20. The summed E-state index contributed by atoms with van der Waals surface area (Å²) in [5.74, 6) is -2.12. The van der Waals surface area contributed by atoms with Crippen molar-refractivity contribution in [1.82, 2.24) is 4.90 Å². The summed E-state index contributed by atoms with van der Waals surface area (Å²) in [7, 11) is 0. The van der Waals surface area contributed by atoms with Crippen LogP contribution in [0.1, 0.15) is 43.6 Å². The molecule has 0 saturated carbocycles. The van der Waals surface area contributed by atoms with Crippen LogP contribution in [-0.2, 0) is 16.1 Å². The Morgan fingerprint density at radius 1 is 0.912 bits per heavy atom. The fraction of sp³-hybridized carbons (Fsp3) is 0.154. The Balaban J connectivity index is 1.44.